The summed E-state index contributed by atoms with van der Waals surface area (Å²) in [4.78, 5) is 11.7. The van der Waals surface area contributed by atoms with Crippen molar-refractivity contribution in [1.82, 2.24) is 9.97 Å². The minimum absolute atomic E-state index is 0.777. The van der Waals surface area contributed by atoms with E-state index in [-0.39, 0.29) is 0 Å². The summed E-state index contributed by atoms with van der Waals surface area (Å²) < 4.78 is 0. The zero-order valence-electron chi connectivity index (χ0n) is 13.3. The maximum absolute atomic E-state index is 5.91. The van der Waals surface area contributed by atoms with Crippen LogP contribution in [0.1, 0.15) is 18.7 Å². The lowest BCUT2D eigenvalue weighted by molar-refractivity contribution is 0.925. The quantitative estimate of drug-likeness (QED) is 0.732. The van der Waals surface area contributed by atoms with Gasteiger partial charge in [-0.3, -0.25) is 0 Å². The largest absolute Gasteiger partial charge is 0.399 e. The molecule has 0 atom stereocenters. The molecule has 0 unspecified atom stereocenters. The van der Waals surface area contributed by atoms with Crippen molar-refractivity contribution in [3.05, 3.63) is 48.3 Å². The fraction of sp³-hybridized carbons (Fsp3) is 0.263. The van der Waals surface area contributed by atoms with Gasteiger partial charge < -0.3 is 10.6 Å². The number of nitrogen functional groups attached to an aromatic ring is 1. The number of rotatable bonds is 2. The molecule has 1 aliphatic rings. The predicted octanol–water partition coefficient (Wildman–Crippen LogP) is 3.79. The summed E-state index contributed by atoms with van der Waals surface area (Å²) in [5.41, 5.74) is 9.93. The summed E-state index contributed by atoms with van der Waals surface area (Å²) in [7, 11) is 0. The lowest BCUT2D eigenvalue weighted by atomic mass is 10.0. The Kier molecular flexibility index (Phi) is 3.37. The van der Waals surface area contributed by atoms with Crippen LogP contribution in [0.4, 0.5) is 11.5 Å². The van der Waals surface area contributed by atoms with Crippen molar-refractivity contribution in [3.8, 4) is 11.1 Å². The number of aryl methyl sites for hydroxylation is 1. The highest BCUT2D eigenvalue weighted by Crippen LogP contribution is 2.30. The number of anilines is 2. The SMILES string of the molecule is Cc1nc(N2CCCC2)c2ccc(-c3cccc(N)c3)cc2n1. The molecule has 2 N–H and O–H groups in total. The summed E-state index contributed by atoms with van der Waals surface area (Å²) >= 11 is 0. The monoisotopic (exact) mass is 304 g/mol. The maximum Gasteiger partial charge on any atom is 0.140 e. The van der Waals surface area contributed by atoms with Gasteiger partial charge in [0, 0.05) is 24.2 Å². The Morgan fingerprint density at radius 3 is 2.52 bits per heavy atom. The smallest absolute Gasteiger partial charge is 0.140 e. The first-order valence-corrected chi connectivity index (χ1v) is 8.10. The van der Waals surface area contributed by atoms with Gasteiger partial charge >= 0.3 is 0 Å². The average molecular weight is 304 g/mol. The van der Waals surface area contributed by atoms with Gasteiger partial charge in [0.2, 0.25) is 0 Å². The van der Waals surface area contributed by atoms with Gasteiger partial charge in [-0.05, 0) is 55.2 Å². The van der Waals surface area contributed by atoms with Crippen LogP contribution in [0, 0.1) is 6.92 Å². The zero-order chi connectivity index (χ0) is 15.8. The number of nitrogens with two attached hydrogens (primary N) is 1. The lowest BCUT2D eigenvalue weighted by Crippen LogP contribution is -2.20. The van der Waals surface area contributed by atoms with Crippen molar-refractivity contribution >= 4 is 22.4 Å². The summed E-state index contributed by atoms with van der Waals surface area (Å²) in [6, 6.07) is 14.4. The molecule has 0 bridgehead atoms. The first-order chi connectivity index (χ1) is 11.2. The van der Waals surface area contributed by atoms with Gasteiger partial charge in [-0.1, -0.05) is 18.2 Å². The molecule has 0 saturated carbocycles. The Morgan fingerprint density at radius 2 is 1.74 bits per heavy atom. The number of fused-ring (bicyclic) bond motifs is 1. The third-order valence-electron chi connectivity index (χ3n) is 4.41. The Hall–Kier alpha value is -2.62. The standard InChI is InChI=1S/C19H20N4/c1-13-21-18-12-15(14-5-4-6-16(20)11-14)7-8-17(18)19(22-13)23-9-2-3-10-23/h4-8,11-12H,2-3,9-10,20H2,1H3. The summed E-state index contributed by atoms with van der Waals surface area (Å²) in [5.74, 6) is 1.90. The fourth-order valence-electron chi connectivity index (χ4n) is 3.29. The number of hydrogen-bond donors (Lipinski definition) is 1. The molecule has 4 heteroatoms. The number of aromatic nitrogens is 2. The molecule has 4 nitrogen and oxygen atoms in total. The Morgan fingerprint density at radius 1 is 0.957 bits per heavy atom. The van der Waals surface area contributed by atoms with Gasteiger partial charge in [-0.25, -0.2) is 9.97 Å². The fourth-order valence-corrected chi connectivity index (χ4v) is 3.29. The van der Waals surface area contributed by atoms with Crippen molar-refractivity contribution in [3.63, 3.8) is 0 Å². The Labute approximate surface area is 136 Å². The Bertz CT molecular complexity index is 866. The first-order valence-electron chi connectivity index (χ1n) is 8.10. The van der Waals surface area contributed by atoms with E-state index >= 15 is 0 Å². The molecular weight excluding hydrogens is 284 g/mol. The highest BCUT2D eigenvalue weighted by molar-refractivity contribution is 5.92. The minimum atomic E-state index is 0.777. The topological polar surface area (TPSA) is 55.0 Å². The van der Waals surface area contributed by atoms with Gasteiger partial charge in [-0.2, -0.15) is 0 Å². The van der Waals surface area contributed by atoms with E-state index in [4.69, 9.17) is 10.7 Å². The highest BCUT2D eigenvalue weighted by atomic mass is 15.2. The lowest BCUT2D eigenvalue weighted by Gasteiger charge is -2.19. The molecule has 1 aromatic heterocycles. The summed E-state index contributed by atoms with van der Waals surface area (Å²) in [5, 5.41) is 1.13. The summed E-state index contributed by atoms with van der Waals surface area (Å²) in [6.07, 6.45) is 2.48. The molecule has 4 rings (SSSR count). The van der Waals surface area contributed by atoms with E-state index in [2.05, 4.69) is 34.1 Å². The van der Waals surface area contributed by atoms with Crippen LogP contribution < -0.4 is 10.6 Å². The van der Waals surface area contributed by atoms with Crippen molar-refractivity contribution < 1.29 is 0 Å². The van der Waals surface area contributed by atoms with Crippen molar-refractivity contribution in [2.45, 2.75) is 19.8 Å². The van der Waals surface area contributed by atoms with Crippen LogP contribution >= 0.6 is 0 Å². The van der Waals surface area contributed by atoms with Gasteiger partial charge in [0.25, 0.3) is 0 Å². The van der Waals surface area contributed by atoms with Gasteiger partial charge in [0.05, 0.1) is 5.52 Å². The van der Waals surface area contributed by atoms with E-state index < -0.39 is 0 Å². The molecule has 23 heavy (non-hydrogen) atoms. The van der Waals surface area contributed by atoms with Crippen LogP contribution in [0.5, 0.6) is 0 Å². The second-order valence-electron chi connectivity index (χ2n) is 6.15. The first kappa shape index (κ1) is 14.0. The van der Waals surface area contributed by atoms with E-state index in [9.17, 15) is 0 Å². The molecule has 1 fully saturated rings. The molecule has 2 aromatic carbocycles. The van der Waals surface area contributed by atoms with Gasteiger partial charge in [0.15, 0.2) is 0 Å². The molecule has 1 aliphatic heterocycles. The molecule has 116 valence electrons. The minimum Gasteiger partial charge on any atom is -0.399 e. The van der Waals surface area contributed by atoms with E-state index in [1.54, 1.807) is 0 Å². The predicted molar refractivity (Wildman–Crippen MR) is 95.6 cm³/mol. The molecule has 0 aliphatic carbocycles. The highest BCUT2D eigenvalue weighted by Gasteiger charge is 2.17. The van der Waals surface area contributed by atoms with Crippen LogP contribution in [0.3, 0.4) is 0 Å². The molecule has 3 aromatic rings. The number of hydrogen-bond acceptors (Lipinski definition) is 4. The third-order valence-corrected chi connectivity index (χ3v) is 4.41. The molecule has 0 amide bonds. The maximum atomic E-state index is 5.91. The molecular formula is C19H20N4. The summed E-state index contributed by atoms with van der Waals surface area (Å²) in [6.45, 7) is 4.14. The van der Waals surface area contributed by atoms with Gasteiger partial charge in [-0.15, -0.1) is 0 Å². The second kappa shape index (κ2) is 5.54. The van der Waals surface area contributed by atoms with Crippen LogP contribution in [-0.2, 0) is 0 Å². The van der Waals surface area contributed by atoms with Crippen LogP contribution in [0.2, 0.25) is 0 Å². The third kappa shape index (κ3) is 2.61. The molecule has 2 heterocycles. The number of nitrogens with zero attached hydrogens (tertiary/aromatic N) is 3. The van der Waals surface area contributed by atoms with Crippen molar-refractivity contribution in [2.24, 2.45) is 0 Å². The second-order valence-corrected chi connectivity index (χ2v) is 6.15. The van der Waals surface area contributed by atoms with Crippen LogP contribution in [0.15, 0.2) is 42.5 Å². The van der Waals surface area contributed by atoms with Crippen molar-refractivity contribution in [2.75, 3.05) is 23.7 Å². The van der Waals surface area contributed by atoms with E-state index in [0.29, 0.717) is 0 Å². The van der Waals surface area contributed by atoms with Crippen LogP contribution in [0.25, 0.3) is 22.0 Å². The van der Waals surface area contributed by atoms with E-state index in [1.165, 1.54) is 12.8 Å². The van der Waals surface area contributed by atoms with E-state index in [0.717, 1.165) is 52.4 Å². The normalized spacial score (nSPS) is 14.6. The molecule has 0 radical (unpaired) electrons. The van der Waals surface area contributed by atoms with Gasteiger partial charge in [0.1, 0.15) is 11.6 Å². The Balaban J connectivity index is 1.86. The van der Waals surface area contributed by atoms with Crippen molar-refractivity contribution in [1.29, 1.82) is 0 Å². The van der Waals surface area contributed by atoms with Crippen LogP contribution in [-0.4, -0.2) is 23.1 Å². The average Bonchev–Trinajstić information content (AvgIpc) is 3.07. The van der Waals surface area contributed by atoms with E-state index in [1.807, 2.05) is 25.1 Å². The molecule has 0 spiro atoms. The zero-order valence-corrected chi connectivity index (χ0v) is 13.3. The number of benzene rings is 2. The molecule has 1 saturated heterocycles.